The highest BCUT2D eigenvalue weighted by Crippen LogP contribution is 2.27. The molecule has 0 bridgehead atoms. The zero-order valence-electron chi connectivity index (χ0n) is 12.5. The molecule has 124 valence electrons. The number of rotatable bonds is 4. The molecule has 0 unspecified atom stereocenters. The molecular formula is C14H19BrClNO5. The number of carboxylic acid groups (broad SMARTS) is 2. The van der Waals surface area contributed by atoms with Gasteiger partial charge in [-0.15, -0.1) is 0 Å². The SMILES string of the molecule is CC(C)(C)NCCOc1ccc(Br)cc1Cl.O=C(O)C(=O)O. The van der Waals surface area contributed by atoms with Crippen molar-refractivity contribution >= 4 is 39.5 Å². The number of halogens is 2. The van der Waals surface area contributed by atoms with E-state index in [1.807, 2.05) is 18.2 Å². The molecule has 0 aliphatic heterocycles. The predicted octanol–water partition coefficient (Wildman–Crippen LogP) is 3.03. The summed E-state index contributed by atoms with van der Waals surface area (Å²) in [6.07, 6.45) is 0. The average Bonchev–Trinajstić information content (AvgIpc) is 2.36. The van der Waals surface area contributed by atoms with Crippen LogP contribution in [-0.2, 0) is 9.59 Å². The van der Waals surface area contributed by atoms with E-state index in [0.29, 0.717) is 11.6 Å². The Kier molecular flexibility index (Phi) is 9.08. The van der Waals surface area contributed by atoms with Gasteiger partial charge in [0.1, 0.15) is 12.4 Å². The van der Waals surface area contributed by atoms with E-state index in [-0.39, 0.29) is 5.54 Å². The summed E-state index contributed by atoms with van der Waals surface area (Å²) >= 11 is 9.37. The Hall–Kier alpha value is -1.31. The van der Waals surface area contributed by atoms with Gasteiger partial charge in [0.05, 0.1) is 5.02 Å². The van der Waals surface area contributed by atoms with Crippen LogP contribution >= 0.6 is 27.5 Å². The molecular weight excluding hydrogens is 378 g/mol. The fraction of sp³-hybridized carbons (Fsp3) is 0.429. The molecule has 0 aromatic heterocycles. The Labute approximate surface area is 142 Å². The van der Waals surface area contributed by atoms with Crippen LogP contribution in [0.25, 0.3) is 0 Å². The average molecular weight is 397 g/mol. The van der Waals surface area contributed by atoms with Crippen LogP contribution in [0.4, 0.5) is 0 Å². The molecule has 0 radical (unpaired) electrons. The van der Waals surface area contributed by atoms with Gasteiger partial charge >= 0.3 is 11.9 Å². The minimum atomic E-state index is -1.82. The van der Waals surface area contributed by atoms with E-state index < -0.39 is 11.9 Å². The molecule has 8 heteroatoms. The third-order valence-electron chi connectivity index (χ3n) is 2.09. The summed E-state index contributed by atoms with van der Waals surface area (Å²) in [5.41, 5.74) is 0.118. The molecule has 1 aromatic rings. The molecule has 0 atom stereocenters. The van der Waals surface area contributed by atoms with Gasteiger partial charge in [0.2, 0.25) is 0 Å². The smallest absolute Gasteiger partial charge is 0.414 e. The number of carbonyl (C=O) groups is 2. The van der Waals surface area contributed by atoms with Gasteiger partial charge in [0.25, 0.3) is 0 Å². The molecule has 0 fully saturated rings. The first-order chi connectivity index (χ1) is 10.0. The first kappa shape index (κ1) is 20.7. The van der Waals surface area contributed by atoms with Crippen molar-refractivity contribution in [3.63, 3.8) is 0 Å². The summed E-state index contributed by atoms with van der Waals surface area (Å²) in [7, 11) is 0. The van der Waals surface area contributed by atoms with Crippen molar-refractivity contribution in [2.24, 2.45) is 0 Å². The van der Waals surface area contributed by atoms with Crippen LogP contribution in [0.15, 0.2) is 22.7 Å². The number of nitrogens with one attached hydrogen (secondary N) is 1. The van der Waals surface area contributed by atoms with Crippen molar-refractivity contribution < 1.29 is 24.5 Å². The number of benzene rings is 1. The Bertz CT molecular complexity index is 504. The van der Waals surface area contributed by atoms with Gasteiger partial charge < -0.3 is 20.3 Å². The number of hydrogen-bond donors (Lipinski definition) is 3. The summed E-state index contributed by atoms with van der Waals surface area (Å²) in [6.45, 7) is 7.79. The van der Waals surface area contributed by atoms with Crippen LogP contribution < -0.4 is 10.1 Å². The number of hydrogen-bond acceptors (Lipinski definition) is 4. The minimum absolute atomic E-state index is 0.118. The molecule has 0 amide bonds. The molecule has 0 saturated carbocycles. The van der Waals surface area contributed by atoms with Crippen molar-refractivity contribution in [1.82, 2.24) is 5.32 Å². The lowest BCUT2D eigenvalue weighted by Crippen LogP contribution is -2.38. The maximum atomic E-state index is 9.10. The number of aliphatic carboxylic acids is 2. The van der Waals surface area contributed by atoms with Gasteiger partial charge in [-0.2, -0.15) is 0 Å². The van der Waals surface area contributed by atoms with Gasteiger partial charge in [-0.3, -0.25) is 0 Å². The van der Waals surface area contributed by atoms with Crippen LogP contribution in [0.5, 0.6) is 5.75 Å². The summed E-state index contributed by atoms with van der Waals surface area (Å²) in [4.78, 5) is 18.2. The van der Waals surface area contributed by atoms with Crippen LogP contribution in [0, 0.1) is 0 Å². The molecule has 0 aliphatic carbocycles. The number of ether oxygens (including phenoxy) is 1. The fourth-order valence-corrected chi connectivity index (χ4v) is 1.91. The summed E-state index contributed by atoms with van der Waals surface area (Å²) in [5, 5.41) is 18.8. The Balaban J connectivity index is 0.000000626. The van der Waals surface area contributed by atoms with Gasteiger partial charge in [0.15, 0.2) is 0 Å². The van der Waals surface area contributed by atoms with E-state index in [1.165, 1.54) is 0 Å². The maximum Gasteiger partial charge on any atom is 0.414 e. The van der Waals surface area contributed by atoms with Gasteiger partial charge in [-0.05, 0) is 39.0 Å². The Morgan fingerprint density at radius 2 is 1.82 bits per heavy atom. The van der Waals surface area contributed by atoms with Gasteiger partial charge in [-0.1, -0.05) is 27.5 Å². The molecule has 0 saturated heterocycles. The molecule has 0 aliphatic rings. The quantitative estimate of drug-likeness (QED) is 0.535. The van der Waals surface area contributed by atoms with E-state index in [9.17, 15) is 0 Å². The highest BCUT2D eigenvalue weighted by Gasteiger charge is 2.08. The van der Waals surface area contributed by atoms with Crippen molar-refractivity contribution in [3.05, 3.63) is 27.7 Å². The molecule has 0 heterocycles. The lowest BCUT2D eigenvalue weighted by atomic mass is 10.1. The molecule has 1 rings (SSSR count). The van der Waals surface area contributed by atoms with Crippen molar-refractivity contribution in [2.45, 2.75) is 26.3 Å². The zero-order chi connectivity index (χ0) is 17.3. The van der Waals surface area contributed by atoms with Gasteiger partial charge in [0, 0.05) is 16.6 Å². The second-order valence-electron chi connectivity index (χ2n) is 5.21. The Morgan fingerprint density at radius 1 is 1.27 bits per heavy atom. The normalized spacial score (nSPS) is 10.4. The van der Waals surface area contributed by atoms with E-state index in [2.05, 4.69) is 42.0 Å². The lowest BCUT2D eigenvalue weighted by molar-refractivity contribution is -0.159. The first-order valence-electron chi connectivity index (χ1n) is 6.32. The van der Waals surface area contributed by atoms with Crippen molar-refractivity contribution in [2.75, 3.05) is 13.2 Å². The summed E-state index contributed by atoms with van der Waals surface area (Å²) in [5.74, 6) is -2.93. The molecule has 1 aromatic carbocycles. The lowest BCUT2D eigenvalue weighted by Gasteiger charge is -2.20. The zero-order valence-corrected chi connectivity index (χ0v) is 14.9. The monoisotopic (exact) mass is 395 g/mol. The highest BCUT2D eigenvalue weighted by atomic mass is 79.9. The topological polar surface area (TPSA) is 95.9 Å². The summed E-state index contributed by atoms with van der Waals surface area (Å²) < 4.78 is 6.53. The van der Waals surface area contributed by atoms with Crippen LogP contribution in [0.2, 0.25) is 5.02 Å². The predicted molar refractivity (Wildman–Crippen MR) is 87.7 cm³/mol. The third-order valence-corrected chi connectivity index (χ3v) is 2.88. The molecule has 0 spiro atoms. The van der Waals surface area contributed by atoms with E-state index in [4.69, 9.17) is 36.1 Å². The first-order valence-corrected chi connectivity index (χ1v) is 7.49. The van der Waals surface area contributed by atoms with Gasteiger partial charge in [-0.25, -0.2) is 9.59 Å². The standard InChI is InChI=1S/C12H17BrClNO.C2H2O4/c1-12(2,3)15-6-7-16-11-5-4-9(13)8-10(11)14;3-1(4)2(5)6/h4-5,8,15H,6-7H2,1-3H3;(H,3,4)(H,5,6). The van der Waals surface area contributed by atoms with Crippen LogP contribution in [0.3, 0.4) is 0 Å². The second kappa shape index (κ2) is 9.66. The number of carboxylic acids is 2. The van der Waals surface area contributed by atoms with Crippen molar-refractivity contribution in [1.29, 1.82) is 0 Å². The fourth-order valence-electron chi connectivity index (χ4n) is 1.18. The van der Waals surface area contributed by atoms with E-state index in [0.717, 1.165) is 16.8 Å². The molecule has 22 heavy (non-hydrogen) atoms. The second-order valence-corrected chi connectivity index (χ2v) is 6.53. The minimum Gasteiger partial charge on any atom is -0.491 e. The largest absolute Gasteiger partial charge is 0.491 e. The van der Waals surface area contributed by atoms with Crippen LogP contribution in [0.1, 0.15) is 20.8 Å². The maximum absolute atomic E-state index is 9.10. The van der Waals surface area contributed by atoms with E-state index in [1.54, 1.807) is 0 Å². The Morgan fingerprint density at radius 3 is 2.23 bits per heavy atom. The highest BCUT2D eigenvalue weighted by molar-refractivity contribution is 9.10. The summed E-state index contributed by atoms with van der Waals surface area (Å²) in [6, 6.07) is 5.61. The molecule has 3 N–H and O–H groups in total. The third kappa shape index (κ3) is 10.4. The van der Waals surface area contributed by atoms with E-state index >= 15 is 0 Å². The van der Waals surface area contributed by atoms with Crippen LogP contribution in [-0.4, -0.2) is 40.8 Å². The molecule has 6 nitrogen and oxygen atoms in total. The van der Waals surface area contributed by atoms with Crippen molar-refractivity contribution in [3.8, 4) is 5.75 Å².